The minimum absolute atomic E-state index is 0.716. The van der Waals surface area contributed by atoms with Crippen LogP contribution in [0.5, 0.6) is 5.75 Å². The van der Waals surface area contributed by atoms with Gasteiger partial charge in [0.1, 0.15) is 5.75 Å². The number of hydrogen-bond donors (Lipinski definition) is 0. The lowest BCUT2D eigenvalue weighted by Gasteiger charge is -2.36. The molecule has 0 saturated carbocycles. The molecule has 18 heavy (non-hydrogen) atoms. The predicted octanol–water partition coefficient (Wildman–Crippen LogP) is 2.39. The van der Waals surface area contributed by atoms with Crippen LogP contribution in [-0.4, -0.2) is 44.2 Å². The standard InChI is InChI=1S/C15H22N2O/c1-3-9-16-10-12-17(13-11-16)14-7-5-6-8-15(14)18-4-2/h3,5-8H,1,4,9-13H2,2H3. The number of benzene rings is 1. The zero-order chi connectivity index (χ0) is 12.8. The fourth-order valence-corrected chi connectivity index (χ4v) is 2.35. The van der Waals surface area contributed by atoms with Gasteiger partial charge in [-0.3, -0.25) is 4.90 Å². The fourth-order valence-electron chi connectivity index (χ4n) is 2.35. The summed E-state index contributed by atoms with van der Waals surface area (Å²) in [5.74, 6) is 0.997. The molecule has 1 saturated heterocycles. The summed E-state index contributed by atoms with van der Waals surface area (Å²) in [6.45, 7) is 11.8. The van der Waals surface area contributed by atoms with Gasteiger partial charge < -0.3 is 9.64 Å². The molecule has 0 radical (unpaired) electrons. The van der Waals surface area contributed by atoms with Crippen molar-refractivity contribution in [2.24, 2.45) is 0 Å². The third kappa shape index (κ3) is 3.05. The summed E-state index contributed by atoms with van der Waals surface area (Å²) in [4.78, 5) is 4.83. The minimum Gasteiger partial charge on any atom is -0.492 e. The molecule has 1 fully saturated rings. The molecule has 0 bridgehead atoms. The Morgan fingerprint density at radius 3 is 2.61 bits per heavy atom. The first-order chi connectivity index (χ1) is 8.85. The maximum absolute atomic E-state index is 5.69. The molecule has 0 N–H and O–H groups in total. The smallest absolute Gasteiger partial charge is 0.142 e. The number of nitrogens with zero attached hydrogens (tertiary/aromatic N) is 2. The monoisotopic (exact) mass is 246 g/mol. The number of anilines is 1. The molecule has 3 nitrogen and oxygen atoms in total. The number of para-hydroxylation sites is 2. The van der Waals surface area contributed by atoms with Crippen molar-refractivity contribution in [3.8, 4) is 5.75 Å². The van der Waals surface area contributed by atoms with Gasteiger partial charge in [-0.05, 0) is 19.1 Å². The minimum atomic E-state index is 0.716. The normalized spacial score (nSPS) is 16.6. The first-order valence-electron chi connectivity index (χ1n) is 6.65. The molecule has 1 aliphatic heterocycles. The van der Waals surface area contributed by atoms with Gasteiger partial charge in [-0.25, -0.2) is 0 Å². The van der Waals surface area contributed by atoms with E-state index >= 15 is 0 Å². The van der Waals surface area contributed by atoms with Crippen molar-refractivity contribution < 1.29 is 4.74 Å². The van der Waals surface area contributed by atoms with Gasteiger partial charge in [-0.15, -0.1) is 6.58 Å². The lowest BCUT2D eigenvalue weighted by Crippen LogP contribution is -2.46. The van der Waals surface area contributed by atoms with Gasteiger partial charge >= 0.3 is 0 Å². The van der Waals surface area contributed by atoms with Crippen molar-refractivity contribution in [1.82, 2.24) is 4.90 Å². The first-order valence-corrected chi connectivity index (χ1v) is 6.65. The van der Waals surface area contributed by atoms with Crippen LogP contribution in [0.1, 0.15) is 6.92 Å². The van der Waals surface area contributed by atoms with Crippen LogP contribution in [-0.2, 0) is 0 Å². The second kappa shape index (κ2) is 6.45. The number of rotatable bonds is 5. The predicted molar refractivity (Wildman–Crippen MR) is 76.5 cm³/mol. The van der Waals surface area contributed by atoms with Gasteiger partial charge in [-0.2, -0.15) is 0 Å². The van der Waals surface area contributed by atoms with Crippen molar-refractivity contribution in [2.45, 2.75) is 6.92 Å². The summed E-state index contributed by atoms with van der Waals surface area (Å²) in [5.41, 5.74) is 1.22. The second-order valence-corrected chi connectivity index (χ2v) is 4.48. The van der Waals surface area contributed by atoms with E-state index < -0.39 is 0 Å². The Hall–Kier alpha value is -1.48. The molecular weight excluding hydrogens is 224 g/mol. The molecule has 1 heterocycles. The van der Waals surface area contributed by atoms with Gasteiger partial charge in [0.25, 0.3) is 0 Å². The van der Waals surface area contributed by atoms with Crippen LogP contribution >= 0.6 is 0 Å². The van der Waals surface area contributed by atoms with E-state index in [-0.39, 0.29) is 0 Å². The Bertz CT molecular complexity index is 384. The third-order valence-corrected chi connectivity index (χ3v) is 3.27. The zero-order valence-electron chi connectivity index (χ0n) is 11.1. The summed E-state index contributed by atoms with van der Waals surface area (Å²) in [6, 6.07) is 8.31. The van der Waals surface area contributed by atoms with E-state index in [0.29, 0.717) is 6.61 Å². The van der Waals surface area contributed by atoms with E-state index in [1.165, 1.54) is 5.69 Å². The molecule has 1 aromatic rings. The Labute approximate surface area is 110 Å². The van der Waals surface area contributed by atoms with E-state index in [0.717, 1.165) is 38.5 Å². The molecule has 0 spiro atoms. The molecule has 0 unspecified atom stereocenters. The van der Waals surface area contributed by atoms with Crippen LogP contribution in [0.2, 0.25) is 0 Å². The van der Waals surface area contributed by atoms with Crippen LogP contribution in [0.25, 0.3) is 0 Å². The molecule has 1 aromatic carbocycles. The topological polar surface area (TPSA) is 15.7 Å². The Balaban J connectivity index is 2.02. The molecular formula is C15H22N2O. The average Bonchev–Trinajstić information content (AvgIpc) is 2.41. The second-order valence-electron chi connectivity index (χ2n) is 4.48. The van der Waals surface area contributed by atoms with E-state index in [1.807, 2.05) is 19.1 Å². The highest BCUT2D eigenvalue weighted by atomic mass is 16.5. The average molecular weight is 246 g/mol. The first kappa shape index (κ1) is 13.0. The van der Waals surface area contributed by atoms with Gasteiger partial charge in [0.2, 0.25) is 0 Å². The molecule has 98 valence electrons. The highest BCUT2D eigenvalue weighted by molar-refractivity contribution is 5.58. The van der Waals surface area contributed by atoms with Crippen molar-refractivity contribution in [3.05, 3.63) is 36.9 Å². The van der Waals surface area contributed by atoms with Crippen LogP contribution in [0.3, 0.4) is 0 Å². The SMILES string of the molecule is C=CCN1CCN(c2ccccc2OCC)CC1. The molecule has 0 atom stereocenters. The maximum atomic E-state index is 5.69. The maximum Gasteiger partial charge on any atom is 0.142 e. The van der Waals surface area contributed by atoms with Gasteiger partial charge in [0.15, 0.2) is 0 Å². The Kier molecular flexibility index (Phi) is 4.65. The highest BCUT2D eigenvalue weighted by Gasteiger charge is 2.18. The molecule has 0 amide bonds. The summed E-state index contributed by atoms with van der Waals surface area (Å²) in [6.07, 6.45) is 1.98. The van der Waals surface area contributed by atoms with Crippen LogP contribution in [0, 0.1) is 0 Å². The molecule has 0 aromatic heterocycles. The van der Waals surface area contributed by atoms with Crippen molar-refractivity contribution >= 4 is 5.69 Å². The van der Waals surface area contributed by atoms with Crippen molar-refractivity contribution in [3.63, 3.8) is 0 Å². The number of ether oxygens (including phenoxy) is 1. The molecule has 0 aliphatic carbocycles. The van der Waals surface area contributed by atoms with Gasteiger partial charge in [0, 0.05) is 32.7 Å². The zero-order valence-corrected chi connectivity index (χ0v) is 11.1. The summed E-state index contributed by atoms with van der Waals surface area (Å²) >= 11 is 0. The van der Waals surface area contributed by atoms with Crippen LogP contribution in [0.15, 0.2) is 36.9 Å². The molecule has 2 rings (SSSR count). The van der Waals surface area contributed by atoms with Crippen LogP contribution < -0.4 is 9.64 Å². The summed E-state index contributed by atoms with van der Waals surface area (Å²) < 4.78 is 5.69. The van der Waals surface area contributed by atoms with Gasteiger partial charge in [0.05, 0.1) is 12.3 Å². The van der Waals surface area contributed by atoms with E-state index in [2.05, 4.69) is 34.6 Å². The quantitative estimate of drug-likeness (QED) is 0.742. The third-order valence-electron chi connectivity index (χ3n) is 3.27. The Morgan fingerprint density at radius 2 is 1.94 bits per heavy atom. The van der Waals surface area contributed by atoms with Crippen LogP contribution in [0.4, 0.5) is 5.69 Å². The largest absolute Gasteiger partial charge is 0.492 e. The van der Waals surface area contributed by atoms with Crippen molar-refractivity contribution in [1.29, 1.82) is 0 Å². The fraction of sp³-hybridized carbons (Fsp3) is 0.467. The summed E-state index contributed by atoms with van der Waals surface area (Å²) in [5, 5.41) is 0. The lowest BCUT2D eigenvalue weighted by molar-refractivity contribution is 0.281. The number of hydrogen-bond acceptors (Lipinski definition) is 3. The Morgan fingerprint density at radius 1 is 1.22 bits per heavy atom. The van der Waals surface area contributed by atoms with Crippen molar-refractivity contribution in [2.75, 3.05) is 44.2 Å². The van der Waals surface area contributed by atoms with E-state index in [1.54, 1.807) is 0 Å². The van der Waals surface area contributed by atoms with E-state index in [4.69, 9.17) is 4.74 Å². The van der Waals surface area contributed by atoms with Gasteiger partial charge in [-0.1, -0.05) is 18.2 Å². The molecule has 3 heteroatoms. The summed E-state index contributed by atoms with van der Waals surface area (Å²) in [7, 11) is 0. The lowest BCUT2D eigenvalue weighted by atomic mass is 10.2. The highest BCUT2D eigenvalue weighted by Crippen LogP contribution is 2.28. The number of piperazine rings is 1. The molecule has 1 aliphatic rings. The van der Waals surface area contributed by atoms with E-state index in [9.17, 15) is 0 Å².